The summed E-state index contributed by atoms with van der Waals surface area (Å²) in [6, 6.07) is 0. The minimum absolute atomic E-state index is 0.315. The summed E-state index contributed by atoms with van der Waals surface area (Å²) in [6.45, 7) is 1.65. The fourth-order valence-corrected chi connectivity index (χ4v) is 0.582. The van der Waals surface area contributed by atoms with Gasteiger partial charge in [-0.15, -0.1) is 6.42 Å². The maximum atomic E-state index is 10.7. The Morgan fingerprint density at radius 2 is 2.18 bits per heavy atom. The van der Waals surface area contributed by atoms with Crippen molar-refractivity contribution in [2.45, 2.75) is 6.92 Å². The molecular weight excluding hydrogens is 146 g/mol. The van der Waals surface area contributed by atoms with Crippen molar-refractivity contribution < 1.29 is 14.7 Å². The zero-order valence-electron chi connectivity index (χ0n) is 6.20. The van der Waals surface area contributed by atoms with E-state index in [1.807, 2.05) is 5.92 Å². The van der Waals surface area contributed by atoms with Crippen molar-refractivity contribution in [1.82, 2.24) is 4.90 Å². The Morgan fingerprint density at radius 1 is 1.64 bits per heavy atom. The van der Waals surface area contributed by atoms with Gasteiger partial charge in [-0.3, -0.25) is 9.59 Å². The first-order valence-electron chi connectivity index (χ1n) is 3.09. The Morgan fingerprint density at radius 3 is 2.45 bits per heavy atom. The van der Waals surface area contributed by atoms with Crippen molar-refractivity contribution in [2.75, 3.05) is 13.1 Å². The first-order chi connectivity index (χ1) is 5.11. The highest BCUT2D eigenvalue weighted by Crippen LogP contribution is 1.87. The first kappa shape index (κ1) is 9.50. The average Bonchev–Trinajstić information content (AvgIpc) is 1.98. The van der Waals surface area contributed by atoms with Crippen molar-refractivity contribution in [3.05, 3.63) is 0 Å². The number of hydrogen-bond donors (Lipinski definition) is 1. The molecule has 0 unspecified atom stereocenters. The predicted octanol–water partition coefficient (Wildman–Crippen LogP) is -0.447. The zero-order chi connectivity index (χ0) is 8.85. The summed E-state index contributed by atoms with van der Waals surface area (Å²) in [5.41, 5.74) is 0. The van der Waals surface area contributed by atoms with Gasteiger partial charge in [-0.1, -0.05) is 0 Å². The quantitative estimate of drug-likeness (QED) is 0.562. The topological polar surface area (TPSA) is 57.6 Å². The van der Waals surface area contributed by atoms with Crippen molar-refractivity contribution in [1.29, 1.82) is 0 Å². The van der Waals surface area contributed by atoms with Crippen LogP contribution in [-0.2, 0) is 9.59 Å². The largest absolute Gasteiger partial charge is 0.480 e. The molecule has 0 aromatic rings. The molecule has 60 valence electrons. The summed E-state index contributed by atoms with van der Waals surface area (Å²) >= 11 is 0. The van der Waals surface area contributed by atoms with Crippen LogP contribution in [0.2, 0.25) is 0 Å². The van der Waals surface area contributed by atoms with Gasteiger partial charge in [-0.2, -0.15) is 0 Å². The number of likely N-dealkylation sites (N-methyl/N-ethyl adjacent to an activating group) is 1. The van der Waals surface area contributed by atoms with E-state index in [2.05, 4.69) is 0 Å². The molecule has 0 radical (unpaired) electrons. The number of carbonyl (C=O) groups is 2. The van der Waals surface area contributed by atoms with Gasteiger partial charge in [-0.05, 0) is 12.8 Å². The number of nitrogens with zero attached hydrogens (tertiary/aromatic N) is 1. The molecule has 0 spiro atoms. The number of rotatable bonds is 3. The third-order valence-electron chi connectivity index (χ3n) is 1.12. The van der Waals surface area contributed by atoms with Crippen LogP contribution in [0.5, 0.6) is 0 Å². The lowest BCUT2D eigenvalue weighted by Crippen LogP contribution is -2.34. The van der Waals surface area contributed by atoms with Crippen LogP contribution in [0.1, 0.15) is 6.92 Å². The van der Waals surface area contributed by atoms with Gasteiger partial charge in [-0.25, -0.2) is 0 Å². The van der Waals surface area contributed by atoms with Gasteiger partial charge in [0.15, 0.2) is 0 Å². The van der Waals surface area contributed by atoms with Gasteiger partial charge in [0, 0.05) is 6.54 Å². The molecule has 0 rings (SSSR count). The number of carbonyl (C=O) groups excluding carboxylic acids is 1. The molecule has 0 aliphatic carbocycles. The number of terminal acetylenes is 1. The Hall–Kier alpha value is -1.50. The highest BCUT2D eigenvalue weighted by atomic mass is 16.4. The molecule has 0 saturated heterocycles. The van der Waals surface area contributed by atoms with Crippen molar-refractivity contribution in [3.8, 4) is 12.3 Å². The fraction of sp³-hybridized carbons (Fsp3) is 0.429. The van der Waals surface area contributed by atoms with E-state index in [-0.39, 0.29) is 6.54 Å². The van der Waals surface area contributed by atoms with Crippen LogP contribution in [0.4, 0.5) is 0 Å². The van der Waals surface area contributed by atoms with Gasteiger partial charge < -0.3 is 10.0 Å². The molecule has 0 atom stereocenters. The third-order valence-corrected chi connectivity index (χ3v) is 1.12. The number of amides is 1. The highest BCUT2D eigenvalue weighted by Gasteiger charge is 2.11. The maximum Gasteiger partial charge on any atom is 0.323 e. The second-order valence-corrected chi connectivity index (χ2v) is 1.86. The normalized spacial score (nSPS) is 8.36. The molecule has 11 heavy (non-hydrogen) atoms. The number of aliphatic carboxylic acids is 1. The molecular formula is C7H9NO3. The van der Waals surface area contributed by atoms with Crippen LogP contribution in [0.3, 0.4) is 0 Å². The van der Waals surface area contributed by atoms with E-state index in [1.165, 1.54) is 0 Å². The fourth-order valence-electron chi connectivity index (χ4n) is 0.582. The average molecular weight is 155 g/mol. The summed E-state index contributed by atoms with van der Waals surface area (Å²) in [6.07, 6.45) is 4.79. The highest BCUT2D eigenvalue weighted by molar-refractivity contribution is 5.94. The molecule has 4 nitrogen and oxygen atoms in total. The van der Waals surface area contributed by atoms with E-state index < -0.39 is 11.9 Å². The van der Waals surface area contributed by atoms with Crippen LogP contribution in [0.25, 0.3) is 0 Å². The van der Waals surface area contributed by atoms with Crippen LogP contribution in [0, 0.1) is 12.3 Å². The van der Waals surface area contributed by atoms with Crippen molar-refractivity contribution in [2.24, 2.45) is 0 Å². The van der Waals surface area contributed by atoms with Crippen LogP contribution in [0.15, 0.2) is 0 Å². The molecule has 0 aromatic carbocycles. The molecule has 0 aromatic heterocycles. The molecule has 0 saturated carbocycles. The molecule has 0 aliphatic heterocycles. The molecule has 1 amide bonds. The minimum atomic E-state index is -1.06. The van der Waals surface area contributed by atoms with E-state index in [0.717, 1.165) is 4.90 Å². The SMILES string of the molecule is C#CC(=O)N(CC)CC(=O)O. The zero-order valence-corrected chi connectivity index (χ0v) is 6.20. The van der Waals surface area contributed by atoms with Crippen LogP contribution >= 0.6 is 0 Å². The van der Waals surface area contributed by atoms with E-state index in [9.17, 15) is 9.59 Å². The molecule has 4 heteroatoms. The summed E-state index contributed by atoms with van der Waals surface area (Å²) in [5.74, 6) is 0.197. The Labute approximate surface area is 64.8 Å². The van der Waals surface area contributed by atoms with E-state index in [1.54, 1.807) is 6.92 Å². The monoisotopic (exact) mass is 155 g/mol. The number of carboxylic acids is 1. The maximum absolute atomic E-state index is 10.7. The summed E-state index contributed by atoms with van der Waals surface area (Å²) in [7, 11) is 0. The lowest BCUT2D eigenvalue weighted by molar-refractivity contribution is -0.142. The van der Waals surface area contributed by atoms with Gasteiger partial charge >= 0.3 is 5.97 Å². The van der Waals surface area contributed by atoms with Gasteiger partial charge in [0.2, 0.25) is 0 Å². The predicted molar refractivity (Wildman–Crippen MR) is 38.7 cm³/mol. The van der Waals surface area contributed by atoms with E-state index in [4.69, 9.17) is 11.5 Å². The van der Waals surface area contributed by atoms with Gasteiger partial charge in [0.25, 0.3) is 5.91 Å². The molecule has 0 fully saturated rings. The molecule has 0 aliphatic rings. The number of hydrogen-bond acceptors (Lipinski definition) is 2. The van der Waals surface area contributed by atoms with Crippen LogP contribution < -0.4 is 0 Å². The standard InChI is InChI=1S/C7H9NO3/c1-3-6(9)8(4-2)5-7(10)11/h1H,4-5H2,2H3,(H,10,11). The van der Waals surface area contributed by atoms with Crippen molar-refractivity contribution >= 4 is 11.9 Å². The second kappa shape index (κ2) is 4.34. The summed E-state index contributed by atoms with van der Waals surface area (Å²) in [4.78, 5) is 21.9. The molecule has 0 heterocycles. The van der Waals surface area contributed by atoms with Gasteiger partial charge in [0.1, 0.15) is 6.54 Å². The summed E-state index contributed by atoms with van der Waals surface area (Å²) < 4.78 is 0. The molecule has 1 N–H and O–H groups in total. The number of carboxylic acid groups (broad SMARTS) is 1. The molecule has 0 bridgehead atoms. The smallest absolute Gasteiger partial charge is 0.323 e. The lowest BCUT2D eigenvalue weighted by Gasteiger charge is -2.13. The van der Waals surface area contributed by atoms with E-state index >= 15 is 0 Å². The van der Waals surface area contributed by atoms with Crippen molar-refractivity contribution in [3.63, 3.8) is 0 Å². The van der Waals surface area contributed by atoms with E-state index in [0.29, 0.717) is 6.54 Å². The minimum Gasteiger partial charge on any atom is -0.480 e. The Kier molecular flexibility index (Phi) is 3.75. The first-order valence-corrected chi connectivity index (χ1v) is 3.09. The van der Waals surface area contributed by atoms with Gasteiger partial charge in [0.05, 0.1) is 0 Å². The lowest BCUT2D eigenvalue weighted by atomic mass is 10.4. The van der Waals surface area contributed by atoms with Crippen LogP contribution in [-0.4, -0.2) is 35.0 Å². The second-order valence-electron chi connectivity index (χ2n) is 1.86. The third kappa shape index (κ3) is 3.26. The summed E-state index contributed by atoms with van der Waals surface area (Å²) in [5, 5.41) is 8.30. The Bertz CT molecular complexity index is 204. The Balaban J connectivity index is 4.08.